The van der Waals surface area contributed by atoms with Crippen LogP contribution in [0.15, 0.2) is 42.0 Å². The number of allylic oxidation sites excluding steroid dienone is 2. The quantitative estimate of drug-likeness (QED) is 0.215. The minimum Gasteiger partial charge on any atom is -0.506 e. The van der Waals surface area contributed by atoms with Crippen molar-refractivity contribution in [3.63, 3.8) is 0 Å². The van der Waals surface area contributed by atoms with Crippen LogP contribution in [0.4, 0.5) is 5.69 Å². The largest absolute Gasteiger partial charge is 0.506 e. The Kier molecular flexibility index (Phi) is 4.27. The fourth-order valence-electron chi connectivity index (χ4n) is 4.47. The number of nitriles is 1. The van der Waals surface area contributed by atoms with Gasteiger partial charge < -0.3 is 9.84 Å². The molecule has 3 aliphatic rings. The molecule has 142 valence electrons. The maximum absolute atomic E-state index is 12.8. The van der Waals surface area contributed by atoms with Crippen LogP contribution in [-0.2, 0) is 19.1 Å². The van der Waals surface area contributed by atoms with Crippen LogP contribution in [0, 0.1) is 35.0 Å². The lowest BCUT2D eigenvalue weighted by Gasteiger charge is -2.17. The number of aliphatic hydroxyl groups excluding tert-OH is 1. The van der Waals surface area contributed by atoms with Crippen molar-refractivity contribution in [1.82, 2.24) is 0 Å². The van der Waals surface area contributed by atoms with Crippen molar-refractivity contribution < 1.29 is 24.2 Å². The molecule has 1 heterocycles. The number of ether oxygens (including phenoxy) is 1. The Balaban J connectivity index is 1.61. The Bertz CT molecular complexity index is 940. The number of rotatable bonds is 4. The molecule has 7 nitrogen and oxygen atoms in total. The van der Waals surface area contributed by atoms with Crippen LogP contribution in [0.1, 0.15) is 18.9 Å². The van der Waals surface area contributed by atoms with E-state index in [0.717, 1.165) is 6.42 Å². The van der Waals surface area contributed by atoms with Gasteiger partial charge in [0.2, 0.25) is 11.8 Å². The highest BCUT2D eigenvalue weighted by molar-refractivity contribution is 6.22. The zero-order valence-corrected chi connectivity index (χ0v) is 15.2. The van der Waals surface area contributed by atoms with E-state index in [0.29, 0.717) is 5.69 Å². The normalized spacial score (nSPS) is 28.2. The first-order valence-electron chi connectivity index (χ1n) is 9.15. The summed E-state index contributed by atoms with van der Waals surface area (Å²) in [7, 11) is 0. The zero-order chi connectivity index (χ0) is 20.0. The van der Waals surface area contributed by atoms with E-state index >= 15 is 0 Å². The maximum Gasteiger partial charge on any atom is 0.352 e. The lowest BCUT2D eigenvalue weighted by molar-refractivity contribution is -0.138. The van der Waals surface area contributed by atoms with Gasteiger partial charge >= 0.3 is 5.97 Å². The van der Waals surface area contributed by atoms with Gasteiger partial charge in [-0.25, -0.2) is 4.79 Å². The number of hydrogen-bond acceptors (Lipinski definition) is 6. The molecule has 1 aromatic rings. The fraction of sp³-hybridized carbons (Fsp3) is 0.333. The van der Waals surface area contributed by atoms with Crippen LogP contribution in [-0.4, -0.2) is 29.5 Å². The van der Waals surface area contributed by atoms with Gasteiger partial charge in [0.15, 0.2) is 5.57 Å². The second kappa shape index (κ2) is 6.64. The standard InChI is InChI=1S/C21H18N2O5/c1-2-28-21(27)15(10-22)18(24)11-5-7-14(8-6-11)23-19(25)16-12-3-4-13(9-12)17(16)20(23)26/h3-8,12-13,16-17,24H,2,9H2,1H3. The van der Waals surface area contributed by atoms with E-state index < -0.39 is 17.3 Å². The smallest absolute Gasteiger partial charge is 0.352 e. The molecule has 1 saturated carbocycles. The van der Waals surface area contributed by atoms with Crippen LogP contribution >= 0.6 is 0 Å². The molecule has 0 radical (unpaired) electrons. The third kappa shape index (κ3) is 2.53. The Labute approximate surface area is 161 Å². The molecule has 0 spiro atoms. The topological polar surface area (TPSA) is 108 Å². The summed E-state index contributed by atoms with van der Waals surface area (Å²) in [5, 5.41) is 19.4. The number of nitrogens with zero attached hydrogens (tertiary/aromatic N) is 2. The van der Waals surface area contributed by atoms with Crippen molar-refractivity contribution in [1.29, 1.82) is 5.26 Å². The number of esters is 1. The summed E-state index contributed by atoms with van der Waals surface area (Å²) in [5.41, 5.74) is 0.129. The number of amides is 2. The minimum atomic E-state index is -0.910. The molecule has 0 aromatic heterocycles. The molecular weight excluding hydrogens is 360 g/mol. The molecule has 2 aliphatic carbocycles. The summed E-state index contributed by atoms with van der Waals surface area (Å²) in [4.78, 5) is 38.6. The molecule has 1 aliphatic heterocycles. The Morgan fingerprint density at radius 1 is 1.18 bits per heavy atom. The van der Waals surface area contributed by atoms with Gasteiger partial charge in [-0.15, -0.1) is 0 Å². The van der Waals surface area contributed by atoms with Crippen molar-refractivity contribution in [2.24, 2.45) is 23.7 Å². The Morgan fingerprint density at radius 2 is 1.75 bits per heavy atom. The molecule has 2 fully saturated rings. The van der Waals surface area contributed by atoms with Gasteiger partial charge in [-0.2, -0.15) is 5.26 Å². The SMILES string of the molecule is CCOC(=O)C(C#N)=C(O)c1ccc(N2C(=O)C3C4C=CC(C4)C3C2=O)cc1. The number of benzene rings is 1. The van der Waals surface area contributed by atoms with Gasteiger partial charge in [0.25, 0.3) is 0 Å². The molecule has 1 saturated heterocycles. The van der Waals surface area contributed by atoms with Crippen LogP contribution in [0.25, 0.3) is 5.76 Å². The van der Waals surface area contributed by atoms with E-state index in [1.165, 1.54) is 29.2 Å². The predicted molar refractivity (Wildman–Crippen MR) is 98.4 cm³/mol. The average Bonchev–Trinajstić information content (AvgIpc) is 3.36. The number of hydrogen-bond donors (Lipinski definition) is 1. The molecule has 1 aromatic carbocycles. The summed E-state index contributed by atoms with van der Waals surface area (Å²) >= 11 is 0. The fourth-order valence-corrected chi connectivity index (χ4v) is 4.47. The number of carbonyl (C=O) groups is 3. The van der Waals surface area contributed by atoms with Crippen molar-refractivity contribution in [2.45, 2.75) is 13.3 Å². The van der Waals surface area contributed by atoms with Gasteiger partial charge in [0.05, 0.1) is 24.1 Å². The third-order valence-electron chi connectivity index (χ3n) is 5.70. The van der Waals surface area contributed by atoms with Crippen LogP contribution < -0.4 is 4.90 Å². The molecular formula is C21H18N2O5. The van der Waals surface area contributed by atoms with Gasteiger partial charge in [0.1, 0.15) is 11.8 Å². The number of imide groups is 1. The van der Waals surface area contributed by atoms with E-state index in [2.05, 4.69) is 0 Å². The van der Waals surface area contributed by atoms with Gasteiger partial charge in [-0.3, -0.25) is 14.5 Å². The highest BCUT2D eigenvalue weighted by atomic mass is 16.5. The Hall–Kier alpha value is -3.40. The van der Waals surface area contributed by atoms with Crippen molar-refractivity contribution >= 4 is 29.2 Å². The first-order chi connectivity index (χ1) is 13.5. The lowest BCUT2D eigenvalue weighted by Crippen LogP contribution is -2.32. The first kappa shape index (κ1) is 18.0. The number of anilines is 1. The van der Waals surface area contributed by atoms with E-state index in [1.807, 2.05) is 12.2 Å². The minimum absolute atomic E-state index is 0.0780. The molecule has 4 atom stereocenters. The van der Waals surface area contributed by atoms with Crippen molar-refractivity contribution in [3.8, 4) is 6.07 Å². The van der Waals surface area contributed by atoms with Crippen LogP contribution in [0.5, 0.6) is 0 Å². The summed E-state index contributed by atoms with van der Waals surface area (Å²) in [6, 6.07) is 7.62. The average molecular weight is 378 g/mol. The van der Waals surface area contributed by atoms with Gasteiger partial charge in [-0.1, -0.05) is 12.2 Å². The zero-order valence-electron chi connectivity index (χ0n) is 15.2. The Morgan fingerprint density at radius 3 is 2.25 bits per heavy atom. The first-order valence-corrected chi connectivity index (χ1v) is 9.15. The number of carbonyl (C=O) groups excluding carboxylic acids is 3. The molecule has 2 amide bonds. The molecule has 4 unspecified atom stereocenters. The van der Waals surface area contributed by atoms with Crippen LogP contribution in [0.3, 0.4) is 0 Å². The highest BCUT2D eigenvalue weighted by Crippen LogP contribution is 2.53. The van der Waals surface area contributed by atoms with E-state index in [1.54, 1.807) is 13.0 Å². The molecule has 28 heavy (non-hydrogen) atoms. The summed E-state index contributed by atoms with van der Waals surface area (Å²) in [5.74, 6) is -2.12. The van der Waals surface area contributed by atoms with Gasteiger partial charge in [0, 0.05) is 5.56 Å². The van der Waals surface area contributed by atoms with Crippen LogP contribution in [0.2, 0.25) is 0 Å². The molecule has 2 bridgehead atoms. The summed E-state index contributed by atoms with van der Waals surface area (Å²) in [6.07, 6.45) is 4.93. The van der Waals surface area contributed by atoms with Crippen molar-refractivity contribution in [2.75, 3.05) is 11.5 Å². The third-order valence-corrected chi connectivity index (χ3v) is 5.70. The second-order valence-corrected chi connectivity index (χ2v) is 7.11. The van der Waals surface area contributed by atoms with E-state index in [9.17, 15) is 19.5 Å². The number of aliphatic hydroxyl groups is 1. The predicted octanol–water partition coefficient (Wildman–Crippen LogP) is 2.35. The molecule has 1 N–H and O–H groups in total. The molecule has 4 rings (SSSR count). The lowest BCUT2D eigenvalue weighted by atomic mass is 9.85. The number of fused-ring (bicyclic) bond motifs is 5. The van der Waals surface area contributed by atoms with E-state index in [4.69, 9.17) is 10.00 Å². The highest BCUT2D eigenvalue weighted by Gasteiger charge is 2.59. The monoisotopic (exact) mass is 378 g/mol. The molecule has 7 heteroatoms. The van der Waals surface area contributed by atoms with Gasteiger partial charge in [-0.05, 0) is 49.4 Å². The second-order valence-electron chi connectivity index (χ2n) is 7.11. The van der Waals surface area contributed by atoms with Crippen molar-refractivity contribution in [3.05, 3.63) is 47.6 Å². The summed E-state index contributed by atoms with van der Waals surface area (Å²) < 4.78 is 4.76. The maximum atomic E-state index is 12.8. The summed E-state index contributed by atoms with van der Waals surface area (Å²) in [6.45, 7) is 1.68. The van der Waals surface area contributed by atoms with E-state index in [-0.39, 0.29) is 47.7 Å².